The maximum Gasteiger partial charge on any atom is 1.00 e. The second-order valence-electron chi connectivity index (χ2n) is 6.25. The Bertz CT molecular complexity index is 324. The van der Waals surface area contributed by atoms with Gasteiger partial charge in [0.15, 0.2) is 0 Å². The number of benzene rings is 1. The van der Waals surface area contributed by atoms with Gasteiger partial charge < -0.3 is 5.11 Å². The van der Waals surface area contributed by atoms with Gasteiger partial charge in [0.2, 0.25) is 0 Å². The Hall–Kier alpha value is 0.0200. The summed E-state index contributed by atoms with van der Waals surface area (Å²) >= 11 is 0. The molecule has 0 bridgehead atoms. The van der Waals surface area contributed by atoms with Crippen molar-refractivity contribution in [3.05, 3.63) is 29.3 Å². The predicted octanol–water partition coefficient (Wildman–Crippen LogP) is 0.359. The summed E-state index contributed by atoms with van der Waals surface area (Å²) in [6, 6.07) is 5.64. The van der Waals surface area contributed by atoms with Gasteiger partial charge in [-0.1, -0.05) is 59.7 Å². The van der Waals surface area contributed by atoms with Crippen molar-refractivity contribution in [1.82, 2.24) is 0 Å². The van der Waals surface area contributed by atoms with E-state index in [0.717, 1.165) is 11.1 Å². The molecule has 0 unspecified atom stereocenters. The van der Waals surface area contributed by atoms with Gasteiger partial charge in [0.25, 0.3) is 0 Å². The van der Waals surface area contributed by atoms with Gasteiger partial charge in [0, 0.05) is 0 Å². The molecule has 0 aliphatic carbocycles. The van der Waals surface area contributed by atoms with E-state index < -0.39 is 0 Å². The molecular formula is C14H21NaO. The van der Waals surface area contributed by atoms with Crippen molar-refractivity contribution in [3.8, 4) is 5.75 Å². The zero-order valence-electron chi connectivity index (χ0n) is 11.6. The summed E-state index contributed by atoms with van der Waals surface area (Å²) in [5, 5.41) is 11.6. The van der Waals surface area contributed by atoms with Gasteiger partial charge in [0.1, 0.15) is 0 Å². The minimum Gasteiger partial charge on any atom is -0.872 e. The Kier molecular flexibility index (Phi) is 5.12. The standard InChI is InChI=1S/C14H22O.Na/c1-13(2,3)10-7-11(14(4,5)6)9-12(15)8-10;/h7-9,15H,1-6H3;/q;+1/p-1. The molecule has 2 heteroatoms. The molecule has 1 aromatic rings. The maximum atomic E-state index is 11.6. The van der Waals surface area contributed by atoms with E-state index in [1.807, 2.05) is 0 Å². The third kappa shape index (κ3) is 4.12. The fourth-order valence-electron chi connectivity index (χ4n) is 1.47. The molecule has 0 saturated heterocycles. The van der Waals surface area contributed by atoms with Crippen molar-refractivity contribution >= 4 is 0 Å². The first-order valence-electron chi connectivity index (χ1n) is 5.44. The van der Waals surface area contributed by atoms with Gasteiger partial charge in [0.05, 0.1) is 0 Å². The van der Waals surface area contributed by atoms with Crippen molar-refractivity contribution in [1.29, 1.82) is 0 Å². The molecule has 16 heavy (non-hydrogen) atoms. The first-order valence-corrected chi connectivity index (χ1v) is 5.44. The normalized spacial score (nSPS) is 12.1. The van der Waals surface area contributed by atoms with E-state index in [2.05, 4.69) is 47.6 Å². The van der Waals surface area contributed by atoms with E-state index in [0.29, 0.717) is 0 Å². The molecular weight excluding hydrogens is 207 g/mol. The molecule has 1 aromatic carbocycles. The van der Waals surface area contributed by atoms with Crippen LogP contribution in [-0.4, -0.2) is 0 Å². The van der Waals surface area contributed by atoms with Crippen LogP contribution < -0.4 is 34.7 Å². The monoisotopic (exact) mass is 228 g/mol. The molecule has 0 N–H and O–H groups in total. The third-order valence-corrected chi connectivity index (χ3v) is 2.64. The summed E-state index contributed by atoms with van der Waals surface area (Å²) in [6.45, 7) is 12.8. The number of rotatable bonds is 0. The van der Waals surface area contributed by atoms with Gasteiger partial charge in [-0.2, -0.15) is 0 Å². The van der Waals surface area contributed by atoms with Crippen LogP contribution in [-0.2, 0) is 10.8 Å². The molecule has 0 aliphatic rings. The fourth-order valence-corrected chi connectivity index (χ4v) is 1.47. The van der Waals surface area contributed by atoms with E-state index in [-0.39, 0.29) is 46.1 Å². The Balaban J connectivity index is 0.00000225. The van der Waals surface area contributed by atoms with Crippen molar-refractivity contribution in [2.24, 2.45) is 0 Å². The number of hydrogen-bond acceptors (Lipinski definition) is 1. The Labute approximate surface area is 122 Å². The van der Waals surface area contributed by atoms with E-state index in [1.54, 1.807) is 12.1 Å². The molecule has 0 aliphatic heterocycles. The Morgan fingerprint density at radius 1 is 0.750 bits per heavy atom. The average Bonchev–Trinajstić information content (AvgIpc) is 1.99. The molecule has 0 amide bonds. The van der Waals surface area contributed by atoms with Gasteiger partial charge in [-0.3, -0.25) is 0 Å². The van der Waals surface area contributed by atoms with Crippen LogP contribution in [0.5, 0.6) is 5.75 Å². The van der Waals surface area contributed by atoms with Crippen LogP contribution in [0.1, 0.15) is 52.7 Å². The zero-order valence-corrected chi connectivity index (χ0v) is 13.6. The van der Waals surface area contributed by atoms with Gasteiger partial charge in [-0.05, 0) is 22.0 Å². The van der Waals surface area contributed by atoms with E-state index in [9.17, 15) is 5.11 Å². The molecule has 0 heterocycles. The summed E-state index contributed by atoms with van der Waals surface area (Å²) in [4.78, 5) is 0. The maximum absolute atomic E-state index is 11.6. The van der Waals surface area contributed by atoms with Crippen LogP contribution in [0, 0.1) is 0 Å². The molecule has 0 fully saturated rings. The molecule has 0 spiro atoms. The average molecular weight is 228 g/mol. The molecule has 0 radical (unpaired) electrons. The molecule has 1 nitrogen and oxygen atoms in total. The SMILES string of the molecule is CC(C)(C)c1cc([O-])cc(C(C)(C)C)c1.[Na+]. The van der Waals surface area contributed by atoms with Crippen LogP contribution >= 0.6 is 0 Å². The van der Waals surface area contributed by atoms with Crippen LogP contribution in [0.15, 0.2) is 18.2 Å². The van der Waals surface area contributed by atoms with Gasteiger partial charge in [-0.15, -0.1) is 5.75 Å². The minimum atomic E-state index is 0. The van der Waals surface area contributed by atoms with Crippen LogP contribution in [0.4, 0.5) is 0 Å². The molecule has 84 valence electrons. The quantitative estimate of drug-likeness (QED) is 0.588. The predicted molar refractivity (Wildman–Crippen MR) is 63.3 cm³/mol. The minimum absolute atomic E-state index is 0. The van der Waals surface area contributed by atoms with E-state index in [4.69, 9.17) is 0 Å². The fraction of sp³-hybridized carbons (Fsp3) is 0.571. The summed E-state index contributed by atoms with van der Waals surface area (Å²) in [5.74, 6) is 0.118. The van der Waals surface area contributed by atoms with Gasteiger partial charge >= 0.3 is 29.6 Å². The number of hydrogen-bond donors (Lipinski definition) is 0. The van der Waals surface area contributed by atoms with E-state index >= 15 is 0 Å². The molecule has 1 rings (SSSR count). The molecule has 0 saturated carbocycles. The summed E-state index contributed by atoms with van der Waals surface area (Å²) < 4.78 is 0. The van der Waals surface area contributed by atoms with Crippen LogP contribution in [0.25, 0.3) is 0 Å². The summed E-state index contributed by atoms with van der Waals surface area (Å²) in [5.41, 5.74) is 2.33. The van der Waals surface area contributed by atoms with Crippen molar-refractivity contribution in [3.63, 3.8) is 0 Å². The first-order chi connectivity index (χ1) is 6.60. The smallest absolute Gasteiger partial charge is 0.872 e. The molecule has 0 atom stereocenters. The Morgan fingerprint density at radius 2 is 1.06 bits per heavy atom. The molecule has 0 aromatic heterocycles. The van der Waals surface area contributed by atoms with Crippen molar-refractivity contribution in [2.75, 3.05) is 0 Å². The summed E-state index contributed by atoms with van der Waals surface area (Å²) in [6.07, 6.45) is 0. The Morgan fingerprint density at radius 3 is 1.31 bits per heavy atom. The van der Waals surface area contributed by atoms with Gasteiger partial charge in [-0.25, -0.2) is 0 Å². The van der Waals surface area contributed by atoms with E-state index in [1.165, 1.54) is 0 Å². The first kappa shape index (κ1) is 16.0. The third-order valence-electron chi connectivity index (χ3n) is 2.64. The van der Waals surface area contributed by atoms with Crippen LogP contribution in [0.3, 0.4) is 0 Å². The van der Waals surface area contributed by atoms with Crippen molar-refractivity contribution in [2.45, 2.75) is 52.4 Å². The zero-order chi connectivity index (χ0) is 11.9. The second kappa shape index (κ2) is 5.12. The largest absolute Gasteiger partial charge is 1.00 e. The van der Waals surface area contributed by atoms with Crippen LogP contribution in [0.2, 0.25) is 0 Å². The second-order valence-corrected chi connectivity index (χ2v) is 6.25. The van der Waals surface area contributed by atoms with Crippen molar-refractivity contribution < 1.29 is 34.7 Å². The topological polar surface area (TPSA) is 23.1 Å². The summed E-state index contributed by atoms with van der Waals surface area (Å²) in [7, 11) is 0.